The molecule has 1 unspecified atom stereocenters. The number of nitrogens with zero attached hydrogens (tertiary/aromatic N) is 1. The maximum atomic E-state index is 13.1. The highest BCUT2D eigenvalue weighted by atomic mass is 35.5. The number of benzene rings is 1. The second-order valence-corrected chi connectivity index (χ2v) is 5.61. The number of aromatic nitrogens is 1. The van der Waals surface area contributed by atoms with Crippen LogP contribution in [0, 0.1) is 12.7 Å². The van der Waals surface area contributed by atoms with Crippen LogP contribution in [0.1, 0.15) is 23.5 Å². The fourth-order valence-electron chi connectivity index (χ4n) is 1.69. The summed E-state index contributed by atoms with van der Waals surface area (Å²) < 4.78 is 13.1. The van der Waals surface area contributed by atoms with Crippen LogP contribution in [-0.4, -0.2) is 4.98 Å². The molecule has 0 aliphatic heterocycles. The molecule has 0 radical (unpaired) electrons. The maximum Gasteiger partial charge on any atom is 0.126 e. The molecule has 18 heavy (non-hydrogen) atoms. The molecule has 0 aliphatic carbocycles. The van der Waals surface area contributed by atoms with Crippen molar-refractivity contribution >= 4 is 40.2 Å². The van der Waals surface area contributed by atoms with Crippen LogP contribution in [-0.2, 0) is 0 Å². The van der Waals surface area contributed by atoms with E-state index in [1.165, 1.54) is 12.1 Å². The number of thiazole rings is 1. The van der Waals surface area contributed by atoms with E-state index in [1.54, 1.807) is 16.8 Å². The van der Waals surface area contributed by atoms with E-state index in [1.807, 2.05) is 13.8 Å². The number of halogens is 3. The Morgan fingerprint density at radius 3 is 2.44 bits per heavy atom. The summed E-state index contributed by atoms with van der Waals surface area (Å²) in [5, 5.41) is 3.73. The summed E-state index contributed by atoms with van der Waals surface area (Å²) in [7, 11) is 0. The zero-order chi connectivity index (χ0) is 13.3. The average molecular weight is 305 g/mol. The molecule has 1 aromatic heterocycles. The first-order valence-electron chi connectivity index (χ1n) is 5.30. The van der Waals surface area contributed by atoms with Crippen LogP contribution >= 0.6 is 34.5 Å². The fourth-order valence-corrected chi connectivity index (χ4v) is 3.07. The Balaban J connectivity index is 2.27. The lowest BCUT2D eigenvalue weighted by Gasteiger charge is -2.17. The Morgan fingerprint density at radius 2 is 1.94 bits per heavy atom. The fraction of sp³-hybridized carbons (Fsp3) is 0.250. The number of anilines is 1. The van der Waals surface area contributed by atoms with Crippen molar-refractivity contribution in [1.29, 1.82) is 0 Å². The summed E-state index contributed by atoms with van der Waals surface area (Å²) in [5.41, 5.74) is 3.30. The predicted molar refractivity (Wildman–Crippen MR) is 75.3 cm³/mol. The van der Waals surface area contributed by atoms with E-state index in [9.17, 15) is 4.39 Å². The smallest absolute Gasteiger partial charge is 0.126 e. The Hall–Kier alpha value is -0.840. The molecule has 6 heteroatoms. The molecule has 1 atom stereocenters. The molecule has 0 amide bonds. The second-order valence-electron chi connectivity index (χ2n) is 3.91. The normalized spacial score (nSPS) is 12.5. The summed E-state index contributed by atoms with van der Waals surface area (Å²) in [4.78, 5) is 5.29. The van der Waals surface area contributed by atoms with Crippen molar-refractivity contribution in [3.63, 3.8) is 0 Å². The van der Waals surface area contributed by atoms with Gasteiger partial charge in [-0.25, -0.2) is 9.37 Å². The van der Waals surface area contributed by atoms with Crippen molar-refractivity contribution in [3.8, 4) is 0 Å². The van der Waals surface area contributed by atoms with Gasteiger partial charge in [-0.05, 0) is 26.0 Å². The highest BCUT2D eigenvalue weighted by Crippen LogP contribution is 2.35. The molecule has 0 aliphatic rings. The van der Waals surface area contributed by atoms with Gasteiger partial charge in [0.1, 0.15) is 5.82 Å². The van der Waals surface area contributed by atoms with Crippen LogP contribution in [0.2, 0.25) is 10.0 Å². The van der Waals surface area contributed by atoms with Crippen LogP contribution in [0.15, 0.2) is 17.6 Å². The van der Waals surface area contributed by atoms with Gasteiger partial charge >= 0.3 is 0 Å². The molecule has 0 saturated carbocycles. The lowest BCUT2D eigenvalue weighted by atomic mass is 10.2. The molecule has 96 valence electrons. The van der Waals surface area contributed by atoms with Crippen molar-refractivity contribution in [2.24, 2.45) is 0 Å². The first kappa shape index (κ1) is 13.6. The Labute approximate surface area is 119 Å². The molecule has 1 heterocycles. The molecular weight excluding hydrogens is 294 g/mol. The number of nitrogens with one attached hydrogen (secondary N) is 1. The molecule has 1 aromatic carbocycles. The summed E-state index contributed by atoms with van der Waals surface area (Å²) >= 11 is 13.5. The molecule has 0 spiro atoms. The third-order valence-electron chi connectivity index (χ3n) is 2.54. The second kappa shape index (κ2) is 5.43. The number of hydrogen-bond acceptors (Lipinski definition) is 3. The maximum absolute atomic E-state index is 13.1. The number of hydrogen-bond donors (Lipinski definition) is 1. The first-order valence-corrected chi connectivity index (χ1v) is 6.93. The summed E-state index contributed by atoms with van der Waals surface area (Å²) in [6, 6.07) is 2.49. The van der Waals surface area contributed by atoms with Gasteiger partial charge < -0.3 is 5.32 Å². The Kier molecular flexibility index (Phi) is 4.10. The molecule has 0 fully saturated rings. The van der Waals surface area contributed by atoms with Crippen LogP contribution < -0.4 is 5.32 Å². The largest absolute Gasteiger partial charge is 0.375 e. The highest BCUT2D eigenvalue weighted by molar-refractivity contribution is 7.09. The predicted octanol–water partition coefficient (Wildman–Crippen LogP) is 5.07. The Bertz CT molecular complexity index is 548. The summed E-state index contributed by atoms with van der Waals surface area (Å²) in [6.07, 6.45) is 0. The van der Waals surface area contributed by atoms with Crippen molar-refractivity contribution in [2.45, 2.75) is 19.9 Å². The molecule has 2 rings (SSSR count). The van der Waals surface area contributed by atoms with Crippen molar-refractivity contribution in [2.75, 3.05) is 5.32 Å². The number of aryl methyl sites for hydroxylation is 1. The third-order valence-corrected chi connectivity index (χ3v) is 4.25. The molecule has 2 aromatic rings. The molecular formula is C12H11Cl2FN2S. The van der Waals surface area contributed by atoms with Gasteiger partial charge in [-0.2, -0.15) is 0 Å². The third kappa shape index (κ3) is 2.76. The number of rotatable bonds is 3. The van der Waals surface area contributed by atoms with E-state index < -0.39 is 5.82 Å². The van der Waals surface area contributed by atoms with E-state index in [0.29, 0.717) is 5.69 Å². The van der Waals surface area contributed by atoms with Gasteiger partial charge in [0.2, 0.25) is 0 Å². The molecule has 2 nitrogen and oxygen atoms in total. The van der Waals surface area contributed by atoms with Gasteiger partial charge in [0, 0.05) is 4.88 Å². The molecule has 0 saturated heterocycles. The van der Waals surface area contributed by atoms with Gasteiger partial charge in [0.05, 0.1) is 33.0 Å². The van der Waals surface area contributed by atoms with Crippen LogP contribution in [0.3, 0.4) is 0 Å². The Morgan fingerprint density at radius 1 is 1.33 bits per heavy atom. The molecule has 0 bridgehead atoms. The van der Waals surface area contributed by atoms with E-state index in [4.69, 9.17) is 23.2 Å². The van der Waals surface area contributed by atoms with E-state index >= 15 is 0 Å². The van der Waals surface area contributed by atoms with Gasteiger partial charge in [0.15, 0.2) is 0 Å². The lowest BCUT2D eigenvalue weighted by Crippen LogP contribution is -2.07. The van der Waals surface area contributed by atoms with Crippen LogP contribution in [0.5, 0.6) is 0 Å². The topological polar surface area (TPSA) is 24.9 Å². The van der Waals surface area contributed by atoms with E-state index in [0.717, 1.165) is 10.6 Å². The summed E-state index contributed by atoms with van der Waals surface area (Å²) in [5.74, 6) is -0.447. The van der Waals surface area contributed by atoms with Crippen LogP contribution in [0.4, 0.5) is 10.1 Å². The quantitative estimate of drug-likeness (QED) is 0.856. The zero-order valence-electron chi connectivity index (χ0n) is 9.80. The van der Waals surface area contributed by atoms with Crippen molar-refractivity contribution < 1.29 is 4.39 Å². The highest BCUT2D eigenvalue weighted by Gasteiger charge is 2.15. The standard InChI is InChI=1S/C12H11Cl2FN2S/c1-6-12(18-5-16-6)7(2)17-11-9(13)3-8(15)4-10(11)14/h3-5,7,17H,1-2H3. The van der Waals surface area contributed by atoms with Gasteiger partial charge in [-0.15, -0.1) is 11.3 Å². The first-order chi connectivity index (χ1) is 8.49. The zero-order valence-corrected chi connectivity index (χ0v) is 12.1. The minimum Gasteiger partial charge on any atom is -0.375 e. The van der Waals surface area contributed by atoms with Crippen LogP contribution in [0.25, 0.3) is 0 Å². The van der Waals surface area contributed by atoms with Gasteiger partial charge in [-0.1, -0.05) is 23.2 Å². The van der Waals surface area contributed by atoms with Gasteiger partial charge in [0.25, 0.3) is 0 Å². The molecule has 1 N–H and O–H groups in total. The lowest BCUT2D eigenvalue weighted by molar-refractivity contribution is 0.628. The van der Waals surface area contributed by atoms with Crippen molar-refractivity contribution in [3.05, 3.63) is 44.1 Å². The van der Waals surface area contributed by atoms with E-state index in [2.05, 4.69) is 10.3 Å². The minimum atomic E-state index is -0.447. The monoisotopic (exact) mass is 304 g/mol. The van der Waals surface area contributed by atoms with Crippen molar-refractivity contribution in [1.82, 2.24) is 4.98 Å². The van der Waals surface area contributed by atoms with Gasteiger partial charge in [-0.3, -0.25) is 0 Å². The average Bonchev–Trinajstić information content (AvgIpc) is 2.69. The SMILES string of the molecule is Cc1ncsc1C(C)Nc1c(Cl)cc(F)cc1Cl. The summed E-state index contributed by atoms with van der Waals surface area (Å²) in [6.45, 7) is 3.93. The minimum absolute atomic E-state index is 0.0120. The van der Waals surface area contributed by atoms with E-state index in [-0.39, 0.29) is 16.1 Å².